The van der Waals surface area contributed by atoms with Crippen LogP contribution in [0.1, 0.15) is 79.1 Å². The van der Waals surface area contributed by atoms with Crippen molar-refractivity contribution in [1.29, 1.82) is 0 Å². The molecule has 0 aromatic carbocycles. The third-order valence-electron chi connectivity index (χ3n) is 5.11. The van der Waals surface area contributed by atoms with Crippen LogP contribution in [0.4, 0.5) is 0 Å². The number of hydrogen-bond acceptors (Lipinski definition) is 2. The van der Waals surface area contributed by atoms with Crippen molar-refractivity contribution >= 4 is 0 Å². The van der Waals surface area contributed by atoms with Crippen molar-refractivity contribution < 1.29 is 9.47 Å². The second-order valence-corrected chi connectivity index (χ2v) is 6.56. The highest BCUT2D eigenvalue weighted by atomic mass is 16.5. The Bertz CT molecular complexity index is 214. The standard InChI is InChI=1S/C19H40O2/c1-7-11-12-17(10-4)14-19(21-6)18(15-20-5)13-16(8-2)9-3/h16-19H,7-15H2,1-6H3. The van der Waals surface area contributed by atoms with Gasteiger partial charge in [0, 0.05) is 20.1 Å². The SMILES string of the molecule is CCCCC(CC)CC(OC)C(COC)CC(CC)CC. The van der Waals surface area contributed by atoms with Crippen LogP contribution in [0.15, 0.2) is 0 Å². The summed E-state index contributed by atoms with van der Waals surface area (Å²) in [4.78, 5) is 0. The van der Waals surface area contributed by atoms with Crippen LogP contribution >= 0.6 is 0 Å². The lowest BCUT2D eigenvalue weighted by atomic mass is 9.82. The molecule has 0 spiro atoms. The van der Waals surface area contributed by atoms with Gasteiger partial charge in [0.05, 0.1) is 12.7 Å². The van der Waals surface area contributed by atoms with Gasteiger partial charge in [0.15, 0.2) is 0 Å². The van der Waals surface area contributed by atoms with Gasteiger partial charge in [-0.1, -0.05) is 66.2 Å². The minimum absolute atomic E-state index is 0.354. The molecule has 3 atom stereocenters. The zero-order valence-electron chi connectivity index (χ0n) is 15.5. The first-order valence-electron chi connectivity index (χ1n) is 9.18. The maximum atomic E-state index is 5.89. The summed E-state index contributed by atoms with van der Waals surface area (Å²) < 4.78 is 11.4. The van der Waals surface area contributed by atoms with E-state index in [-0.39, 0.29) is 0 Å². The molecule has 21 heavy (non-hydrogen) atoms. The van der Waals surface area contributed by atoms with Crippen LogP contribution in [0, 0.1) is 17.8 Å². The van der Waals surface area contributed by atoms with E-state index >= 15 is 0 Å². The van der Waals surface area contributed by atoms with Crippen LogP contribution in [-0.2, 0) is 9.47 Å². The van der Waals surface area contributed by atoms with Crippen molar-refractivity contribution in [2.45, 2.75) is 85.2 Å². The van der Waals surface area contributed by atoms with Crippen LogP contribution in [0.5, 0.6) is 0 Å². The van der Waals surface area contributed by atoms with Gasteiger partial charge in [-0.3, -0.25) is 0 Å². The van der Waals surface area contributed by atoms with Crippen LogP contribution in [0.2, 0.25) is 0 Å². The summed E-state index contributed by atoms with van der Waals surface area (Å²) in [6.07, 6.45) is 10.6. The van der Waals surface area contributed by atoms with Gasteiger partial charge in [-0.05, 0) is 24.7 Å². The Morgan fingerprint density at radius 1 is 0.810 bits per heavy atom. The molecule has 0 saturated heterocycles. The maximum absolute atomic E-state index is 5.89. The topological polar surface area (TPSA) is 18.5 Å². The second kappa shape index (κ2) is 13.6. The van der Waals surface area contributed by atoms with E-state index in [2.05, 4.69) is 27.7 Å². The Labute approximate surface area is 134 Å². The monoisotopic (exact) mass is 300 g/mol. The zero-order chi connectivity index (χ0) is 16.1. The average Bonchev–Trinajstić information content (AvgIpc) is 2.52. The summed E-state index contributed by atoms with van der Waals surface area (Å²) >= 11 is 0. The first kappa shape index (κ1) is 20.9. The molecule has 0 heterocycles. The minimum Gasteiger partial charge on any atom is -0.384 e. The lowest BCUT2D eigenvalue weighted by Gasteiger charge is -2.31. The largest absolute Gasteiger partial charge is 0.384 e. The summed E-state index contributed by atoms with van der Waals surface area (Å²) in [5.74, 6) is 2.15. The van der Waals surface area contributed by atoms with Crippen LogP contribution in [-0.4, -0.2) is 26.9 Å². The van der Waals surface area contributed by atoms with E-state index in [1.165, 1.54) is 51.4 Å². The molecule has 0 aliphatic carbocycles. The molecule has 0 aromatic rings. The van der Waals surface area contributed by atoms with Crippen molar-refractivity contribution in [3.63, 3.8) is 0 Å². The Kier molecular flexibility index (Phi) is 13.5. The highest BCUT2D eigenvalue weighted by molar-refractivity contribution is 4.76. The fraction of sp³-hybridized carbons (Fsp3) is 1.00. The number of ether oxygens (including phenoxy) is 2. The number of unbranched alkanes of at least 4 members (excludes halogenated alkanes) is 1. The van der Waals surface area contributed by atoms with Gasteiger partial charge in [-0.25, -0.2) is 0 Å². The van der Waals surface area contributed by atoms with Gasteiger partial charge in [0.1, 0.15) is 0 Å². The normalized spacial score (nSPS) is 16.1. The van der Waals surface area contributed by atoms with Crippen LogP contribution in [0.25, 0.3) is 0 Å². The molecule has 128 valence electrons. The highest BCUT2D eigenvalue weighted by Gasteiger charge is 2.26. The summed E-state index contributed by atoms with van der Waals surface area (Å²) in [7, 11) is 3.70. The van der Waals surface area contributed by atoms with E-state index in [1.807, 2.05) is 14.2 Å². The van der Waals surface area contributed by atoms with Crippen LogP contribution in [0.3, 0.4) is 0 Å². The molecular weight excluding hydrogens is 260 g/mol. The number of rotatable bonds is 14. The van der Waals surface area contributed by atoms with Crippen LogP contribution < -0.4 is 0 Å². The van der Waals surface area contributed by atoms with E-state index in [9.17, 15) is 0 Å². The van der Waals surface area contributed by atoms with Gasteiger partial charge >= 0.3 is 0 Å². The lowest BCUT2D eigenvalue weighted by Crippen LogP contribution is -2.30. The smallest absolute Gasteiger partial charge is 0.0624 e. The molecule has 0 N–H and O–H groups in total. The maximum Gasteiger partial charge on any atom is 0.0624 e. The van der Waals surface area contributed by atoms with Gasteiger partial charge in [0.25, 0.3) is 0 Å². The van der Waals surface area contributed by atoms with Crippen molar-refractivity contribution in [1.82, 2.24) is 0 Å². The van der Waals surface area contributed by atoms with E-state index in [0.717, 1.165) is 18.4 Å². The molecular formula is C19H40O2. The lowest BCUT2D eigenvalue weighted by molar-refractivity contribution is -0.0109. The molecule has 2 nitrogen and oxygen atoms in total. The highest BCUT2D eigenvalue weighted by Crippen LogP contribution is 2.29. The Morgan fingerprint density at radius 2 is 1.43 bits per heavy atom. The Morgan fingerprint density at radius 3 is 1.86 bits per heavy atom. The van der Waals surface area contributed by atoms with Gasteiger partial charge in [0.2, 0.25) is 0 Å². The van der Waals surface area contributed by atoms with Crippen molar-refractivity contribution in [2.75, 3.05) is 20.8 Å². The van der Waals surface area contributed by atoms with Gasteiger partial charge in [-0.2, -0.15) is 0 Å². The second-order valence-electron chi connectivity index (χ2n) is 6.56. The predicted molar refractivity (Wildman–Crippen MR) is 92.8 cm³/mol. The molecule has 0 bridgehead atoms. The fourth-order valence-corrected chi connectivity index (χ4v) is 3.38. The molecule has 0 radical (unpaired) electrons. The molecule has 0 saturated carbocycles. The summed E-state index contributed by atoms with van der Waals surface area (Å²) in [6, 6.07) is 0. The molecule has 3 unspecified atom stereocenters. The number of hydrogen-bond donors (Lipinski definition) is 0. The predicted octanol–water partition coefficient (Wildman–Crippen LogP) is 5.70. The Hall–Kier alpha value is -0.0800. The first-order chi connectivity index (χ1) is 10.2. The molecule has 0 fully saturated rings. The van der Waals surface area contributed by atoms with E-state index in [0.29, 0.717) is 12.0 Å². The molecule has 0 amide bonds. The third kappa shape index (κ3) is 8.83. The Balaban J connectivity index is 4.63. The van der Waals surface area contributed by atoms with E-state index in [1.54, 1.807) is 0 Å². The van der Waals surface area contributed by atoms with E-state index < -0.39 is 0 Å². The quantitative estimate of drug-likeness (QED) is 0.410. The average molecular weight is 301 g/mol. The first-order valence-corrected chi connectivity index (χ1v) is 9.18. The van der Waals surface area contributed by atoms with Gasteiger partial charge in [-0.15, -0.1) is 0 Å². The molecule has 0 aliphatic rings. The zero-order valence-corrected chi connectivity index (χ0v) is 15.5. The summed E-state index contributed by atoms with van der Waals surface area (Å²) in [6.45, 7) is 10.0. The van der Waals surface area contributed by atoms with Gasteiger partial charge < -0.3 is 9.47 Å². The van der Waals surface area contributed by atoms with Crippen molar-refractivity contribution in [3.8, 4) is 0 Å². The molecule has 0 rings (SSSR count). The summed E-state index contributed by atoms with van der Waals surface area (Å²) in [5.41, 5.74) is 0. The third-order valence-corrected chi connectivity index (χ3v) is 5.11. The molecule has 0 aromatic heterocycles. The van der Waals surface area contributed by atoms with Crippen molar-refractivity contribution in [2.24, 2.45) is 17.8 Å². The molecule has 2 heteroatoms. The molecule has 0 aliphatic heterocycles. The van der Waals surface area contributed by atoms with Crippen molar-refractivity contribution in [3.05, 3.63) is 0 Å². The summed E-state index contributed by atoms with van der Waals surface area (Å²) in [5, 5.41) is 0. The number of methoxy groups -OCH3 is 2. The van der Waals surface area contributed by atoms with E-state index in [4.69, 9.17) is 9.47 Å². The minimum atomic E-state index is 0.354. The fourth-order valence-electron chi connectivity index (χ4n) is 3.38.